The summed E-state index contributed by atoms with van der Waals surface area (Å²) in [7, 11) is 0. The first kappa shape index (κ1) is 8.54. The van der Waals surface area contributed by atoms with Gasteiger partial charge in [-0.1, -0.05) is 5.92 Å². The van der Waals surface area contributed by atoms with Gasteiger partial charge in [-0.2, -0.15) is 0 Å². The Morgan fingerprint density at radius 1 is 1.58 bits per heavy atom. The van der Waals surface area contributed by atoms with Crippen LogP contribution in [0.25, 0.3) is 0 Å². The van der Waals surface area contributed by atoms with Gasteiger partial charge in [0.2, 0.25) is 0 Å². The lowest BCUT2D eigenvalue weighted by Gasteiger charge is -2.03. The van der Waals surface area contributed by atoms with Crippen LogP contribution in [0.5, 0.6) is 5.75 Å². The quantitative estimate of drug-likeness (QED) is 0.610. The summed E-state index contributed by atoms with van der Waals surface area (Å²) < 4.78 is 30.0. The molecule has 0 aliphatic heterocycles. The first-order chi connectivity index (χ1) is 5.75. The summed E-state index contributed by atoms with van der Waals surface area (Å²) in [6, 6.07) is 4.33. The molecule has 0 unspecified atom stereocenters. The minimum Gasteiger partial charge on any atom is -0.475 e. The zero-order valence-electron chi connectivity index (χ0n) is 6.10. The summed E-state index contributed by atoms with van der Waals surface area (Å²) in [5.41, 5.74) is 0. The second kappa shape index (κ2) is 3.72. The smallest absolute Gasteiger partial charge is 0.192 e. The van der Waals surface area contributed by atoms with E-state index in [-0.39, 0.29) is 6.61 Å². The summed E-state index contributed by atoms with van der Waals surface area (Å²) in [4.78, 5) is 0. The average Bonchev–Trinajstić information content (AvgIpc) is 2.04. The van der Waals surface area contributed by atoms with Gasteiger partial charge < -0.3 is 4.74 Å². The molecule has 1 rings (SSSR count). The third kappa shape index (κ3) is 1.73. The standard InChI is InChI=1S/C9H5F2O/c1-2-6-12-9-7(10)4-3-5-8(9)11/h1,3-4H,6H2. The number of terminal acetylenes is 1. The number of ether oxygens (including phenoxy) is 1. The Labute approximate surface area is 69.0 Å². The van der Waals surface area contributed by atoms with Gasteiger partial charge in [0.1, 0.15) is 6.61 Å². The molecule has 0 amide bonds. The van der Waals surface area contributed by atoms with Crippen molar-refractivity contribution in [2.45, 2.75) is 0 Å². The summed E-state index contributed by atoms with van der Waals surface area (Å²) in [5, 5.41) is 0. The van der Waals surface area contributed by atoms with Gasteiger partial charge in [-0.25, -0.2) is 8.78 Å². The van der Waals surface area contributed by atoms with Gasteiger partial charge >= 0.3 is 0 Å². The third-order valence-corrected chi connectivity index (χ3v) is 1.16. The molecule has 0 atom stereocenters. The normalized spacial score (nSPS) is 9.08. The predicted molar refractivity (Wildman–Crippen MR) is 39.5 cm³/mol. The van der Waals surface area contributed by atoms with Crippen LogP contribution in [-0.2, 0) is 0 Å². The van der Waals surface area contributed by atoms with Crippen LogP contribution >= 0.6 is 0 Å². The van der Waals surface area contributed by atoms with Crippen molar-refractivity contribution >= 4 is 0 Å². The molecule has 12 heavy (non-hydrogen) atoms. The SMILES string of the molecule is C#CCOc1c(F)[c]ccc1F. The van der Waals surface area contributed by atoms with Crippen molar-refractivity contribution in [2.24, 2.45) is 0 Å². The molecule has 0 fully saturated rings. The van der Waals surface area contributed by atoms with Gasteiger partial charge in [0.15, 0.2) is 17.4 Å². The highest BCUT2D eigenvalue weighted by Gasteiger charge is 2.08. The molecule has 1 nitrogen and oxygen atoms in total. The van der Waals surface area contributed by atoms with Crippen LogP contribution in [0, 0.1) is 30.0 Å². The topological polar surface area (TPSA) is 9.23 Å². The maximum absolute atomic E-state index is 12.7. The van der Waals surface area contributed by atoms with Crippen LogP contribution < -0.4 is 4.74 Å². The predicted octanol–water partition coefficient (Wildman–Crippen LogP) is 1.78. The molecule has 1 aromatic carbocycles. The Balaban J connectivity index is 2.90. The fourth-order valence-corrected chi connectivity index (χ4v) is 0.680. The van der Waals surface area contributed by atoms with Crippen LogP contribution in [0.1, 0.15) is 0 Å². The maximum Gasteiger partial charge on any atom is 0.192 e. The second-order valence-electron chi connectivity index (χ2n) is 1.96. The van der Waals surface area contributed by atoms with E-state index in [9.17, 15) is 8.78 Å². The zero-order valence-corrected chi connectivity index (χ0v) is 6.10. The Morgan fingerprint density at radius 3 is 2.92 bits per heavy atom. The van der Waals surface area contributed by atoms with Crippen LogP contribution in [0.2, 0.25) is 0 Å². The minimum atomic E-state index is -0.870. The zero-order chi connectivity index (χ0) is 8.97. The van der Waals surface area contributed by atoms with E-state index in [1.54, 1.807) is 0 Å². The van der Waals surface area contributed by atoms with Gasteiger partial charge in [0.05, 0.1) is 0 Å². The summed E-state index contributed by atoms with van der Waals surface area (Å²) in [6.07, 6.45) is 4.85. The lowest BCUT2D eigenvalue weighted by atomic mass is 10.3. The van der Waals surface area contributed by atoms with E-state index < -0.39 is 17.4 Å². The van der Waals surface area contributed by atoms with Crippen molar-refractivity contribution < 1.29 is 13.5 Å². The highest BCUT2D eigenvalue weighted by Crippen LogP contribution is 2.19. The third-order valence-electron chi connectivity index (χ3n) is 1.16. The molecule has 0 aromatic heterocycles. The van der Waals surface area contributed by atoms with Gasteiger partial charge in [0, 0.05) is 6.07 Å². The molecular formula is C9H5F2O. The van der Waals surface area contributed by atoms with Crippen molar-refractivity contribution in [1.82, 2.24) is 0 Å². The van der Waals surface area contributed by atoms with Crippen molar-refractivity contribution in [3.05, 3.63) is 29.8 Å². The number of hydrogen-bond acceptors (Lipinski definition) is 1. The fourth-order valence-electron chi connectivity index (χ4n) is 0.680. The number of hydrogen-bond donors (Lipinski definition) is 0. The van der Waals surface area contributed by atoms with E-state index in [0.717, 1.165) is 12.1 Å². The largest absolute Gasteiger partial charge is 0.475 e. The molecule has 1 radical (unpaired) electrons. The second-order valence-corrected chi connectivity index (χ2v) is 1.96. The molecule has 0 saturated heterocycles. The van der Waals surface area contributed by atoms with E-state index in [1.165, 1.54) is 0 Å². The van der Waals surface area contributed by atoms with Crippen LogP contribution in [-0.4, -0.2) is 6.61 Å². The highest BCUT2D eigenvalue weighted by atomic mass is 19.1. The van der Waals surface area contributed by atoms with E-state index >= 15 is 0 Å². The Morgan fingerprint density at radius 2 is 2.33 bits per heavy atom. The molecule has 0 saturated carbocycles. The molecule has 3 heteroatoms. The van der Waals surface area contributed by atoms with Crippen LogP contribution in [0.15, 0.2) is 12.1 Å². The van der Waals surface area contributed by atoms with Crippen molar-refractivity contribution in [3.63, 3.8) is 0 Å². The van der Waals surface area contributed by atoms with Crippen molar-refractivity contribution in [2.75, 3.05) is 6.61 Å². The molecular weight excluding hydrogens is 162 g/mol. The Bertz CT molecular complexity index is 295. The van der Waals surface area contributed by atoms with E-state index in [2.05, 4.69) is 16.7 Å². The maximum atomic E-state index is 12.7. The molecule has 0 aliphatic carbocycles. The van der Waals surface area contributed by atoms with Gasteiger partial charge in [-0.3, -0.25) is 0 Å². The van der Waals surface area contributed by atoms with Gasteiger partial charge in [-0.15, -0.1) is 6.42 Å². The number of rotatable bonds is 2. The highest BCUT2D eigenvalue weighted by molar-refractivity contribution is 5.25. The summed E-state index contributed by atoms with van der Waals surface area (Å²) >= 11 is 0. The number of benzene rings is 1. The van der Waals surface area contributed by atoms with Crippen molar-refractivity contribution in [1.29, 1.82) is 0 Å². The molecule has 0 spiro atoms. The Kier molecular flexibility index (Phi) is 2.65. The molecule has 0 heterocycles. The molecule has 0 bridgehead atoms. The number of halogens is 2. The van der Waals surface area contributed by atoms with Crippen molar-refractivity contribution in [3.8, 4) is 18.1 Å². The Hall–Kier alpha value is -1.56. The summed E-state index contributed by atoms with van der Waals surface area (Å²) in [5.74, 6) is -0.0218. The molecule has 0 N–H and O–H groups in total. The van der Waals surface area contributed by atoms with E-state index in [1.807, 2.05) is 0 Å². The van der Waals surface area contributed by atoms with E-state index in [0.29, 0.717) is 0 Å². The fraction of sp³-hybridized carbons (Fsp3) is 0.111. The summed E-state index contributed by atoms with van der Waals surface area (Å²) in [6.45, 7) is -0.161. The molecule has 61 valence electrons. The minimum absolute atomic E-state index is 0.161. The van der Waals surface area contributed by atoms with Crippen LogP contribution in [0.3, 0.4) is 0 Å². The monoisotopic (exact) mass is 167 g/mol. The lowest BCUT2D eigenvalue weighted by molar-refractivity contribution is 0.326. The van der Waals surface area contributed by atoms with Gasteiger partial charge in [0.25, 0.3) is 0 Å². The van der Waals surface area contributed by atoms with E-state index in [4.69, 9.17) is 6.42 Å². The average molecular weight is 167 g/mol. The molecule has 1 aromatic rings. The van der Waals surface area contributed by atoms with Gasteiger partial charge in [-0.05, 0) is 12.1 Å². The first-order valence-electron chi connectivity index (χ1n) is 3.17. The first-order valence-corrected chi connectivity index (χ1v) is 3.17. The molecule has 0 aliphatic rings. The lowest BCUT2D eigenvalue weighted by Crippen LogP contribution is -1.98. The van der Waals surface area contributed by atoms with Crippen LogP contribution in [0.4, 0.5) is 8.78 Å².